The van der Waals surface area contributed by atoms with Crippen LogP contribution in [0.3, 0.4) is 0 Å². The van der Waals surface area contributed by atoms with Gasteiger partial charge in [-0.15, -0.1) is 0 Å². The molecule has 0 fully saturated rings. The summed E-state index contributed by atoms with van der Waals surface area (Å²) in [6.45, 7) is 0. The summed E-state index contributed by atoms with van der Waals surface area (Å²) in [5.74, 6) is -4.19. The third-order valence-electron chi connectivity index (χ3n) is 2.64. The van der Waals surface area contributed by atoms with E-state index < -0.39 is 29.0 Å². The Morgan fingerprint density at radius 2 is 1.84 bits per heavy atom. The molecule has 7 nitrogen and oxygen atoms in total. The largest absolute Gasteiger partial charge is 0.504 e. The molecule has 0 heterocycles. The van der Waals surface area contributed by atoms with E-state index >= 15 is 0 Å². The van der Waals surface area contributed by atoms with E-state index in [4.69, 9.17) is 10.4 Å². The SMILES string of the molecule is O=C(O)c1cccc2cc(O)c(O)c(C(=O)OO)c12. The molecule has 4 N–H and O–H groups in total. The van der Waals surface area contributed by atoms with E-state index in [1.54, 1.807) is 0 Å². The Bertz CT molecular complexity index is 690. The summed E-state index contributed by atoms with van der Waals surface area (Å²) in [5, 5.41) is 36.7. The van der Waals surface area contributed by atoms with Crippen molar-refractivity contribution in [2.24, 2.45) is 0 Å². The topological polar surface area (TPSA) is 124 Å². The van der Waals surface area contributed by atoms with Crippen LogP contribution in [-0.4, -0.2) is 32.5 Å². The zero-order valence-electron chi connectivity index (χ0n) is 9.32. The molecule has 0 saturated carbocycles. The van der Waals surface area contributed by atoms with Crippen LogP contribution >= 0.6 is 0 Å². The maximum Gasteiger partial charge on any atom is 0.377 e. The van der Waals surface area contributed by atoms with Crippen molar-refractivity contribution in [3.8, 4) is 11.5 Å². The zero-order chi connectivity index (χ0) is 14.2. The minimum absolute atomic E-state index is 0.135. The fourth-order valence-corrected chi connectivity index (χ4v) is 1.85. The maximum atomic E-state index is 11.4. The number of phenolic OH excluding ortho intramolecular Hbond substituents is 2. The van der Waals surface area contributed by atoms with Crippen molar-refractivity contribution in [1.29, 1.82) is 0 Å². The molecule has 0 aliphatic rings. The summed E-state index contributed by atoms with van der Waals surface area (Å²) in [6, 6.07) is 5.17. The van der Waals surface area contributed by atoms with Crippen LogP contribution in [0.4, 0.5) is 0 Å². The van der Waals surface area contributed by atoms with E-state index in [0.717, 1.165) is 6.07 Å². The molecule has 0 amide bonds. The smallest absolute Gasteiger partial charge is 0.377 e. The molecule has 19 heavy (non-hydrogen) atoms. The van der Waals surface area contributed by atoms with Gasteiger partial charge in [0.25, 0.3) is 0 Å². The lowest BCUT2D eigenvalue weighted by molar-refractivity contribution is -0.182. The molecule has 98 valence electrons. The average molecular weight is 264 g/mol. The summed E-state index contributed by atoms with van der Waals surface area (Å²) in [4.78, 5) is 26.1. The van der Waals surface area contributed by atoms with Crippen molar-refractivity contribution in [3.05, 3.63) is 35.4 Å². The third-order valence-corrected chi connectivity index (χ3v) is 2.64. The normalized spacial score (nSPS) is 10.4. The first-order valence-corrected chi connectivity index (χ1v) is 5.04. The average Bonchev–Trinajstić information content (AvgIpc) is 2.38. The highest BCUT2D eigenvalue weighted by atomic mass is 17.1. The van der Waals surface area contributed by atoms with Crippen molar-refractivity contribution < 1.29 is 35.1 Å². The number of phenols is 2. The fraction of sp³-hybridized carbons (Fsp3) is 0. The minimum Gasteiger partial charge on any atom is -0.504 e. The monoisotopic (exact) mass is 264 g/mol. The van der Waals surface area contributed by atoms with Gasteiger partial charge in [0.15, 0.2) is 11.5 Å². The van der Waals surface area contributed by atoms with Crippen LogP contribution in [0.1, 0.15) is 20.7 Å². The van der Waals surface area contributed by atoms with Crippen molar-refractivity contribution >= 4 is 22.7 Å². The number of fused-ring (bicyclic) bond motifs is 1. The van der Waals surface area contributed by atoms with Gasteiger partial charge in [0, 0.05) is 5.39 Å². The highest BCUT2D eigenvalue weighted by Crippen LogP contribution is 2.37. The Balaban J connectivity index is 3.00. The van der Waals surface area contributed by atoms with Crippen molar-refractivity contribution in [2.75, 3.05) is 0 Å². The number of benzene rings is 2. The minimum atomic E-state index is -1.37. The van der Waals surface area contributed by atoms with Gasteiger partial charge in [-0.2, -0.15) is 5.26 Å². The molecule has 0 spiro atoms. The number of carbonyl (C=O) groups excluding carboxylic acids is 1. The molecular formula is C12H8O7. The molecule has 0 aromatic heterocycles. The van der Waals surface area contributed by atoms with Crippen molar-refractivity contribution in [3.63, 3.8) is 0 Å². The van der Waals surface area contributed by atoms with E-state index in [0.29, 0.717) is 0 Å². The zero-order valence-corrected chi connectivity index (χ0v) is 9.32. The summed E-state index contributed by atoms with van der Waals surface area (Å²) in [7, 11) is 0. The number of aromatic hydroxyl groups is 2. The molecule has 0 unspecified atom stereocenters. The highest BCUT2D eigenvalue weighted by Gasteiger charge is 2.24. The summed E-state index contributed by atoms with van der Waals surface area (Å²) in [6.07, 6.45) is 0. The van der Waals surface area contributed by atoms with Gasteiger partial charge in [-0.25, -0.2) is 9.59 Å². The lowest BCUT2D eigenvalue weighted by Crippen LogP contribution is -2.07. The van der Waals surface area contributed by atoms with E-state index in [1.807, 2.05) is 0 Å². The Labute approximate surface area is 105 Å². The number of carboxylic acids is 1. The van der Waals surface area contributed by atoms with Crippen molar-refractivity contribution in [2.45, 2.75) is 0 Å². The number of hydrogen-bond acceptors (Lipinski definition) is 6. The Hall–Kier alpha value is -2.80. The summed E-state index contributed by atoms with van der Waals surface area (Å²) >= 11 is 0. The quantitative estimate of drug-likeness (QED) is 0.368. The van der Waals surface area contributed by atoms with Crippen LogP contribution in [0.5, 0.6) is 11.5 Å². The number of carbonyl (C=O) groups is 2. The van der Waals surface area contributed by atoms with E-state index in [1.165, 1.54) is 18.2 Å². The van der Waals surface area contributed by atoms with Gasteiger partial charge in [-0.3, -0.25) is 4.89 Å². The molecule has 0 radical (unpaired) electrons. The van der Waals surface area contributed by atoms with E-state index in [-0.39, 0.29) is 16.3 Å². The Morgan fingerprint density at radius 3 is 2.42 bits per heavy atom. The lowest BCUT2D eigenvalue weighted by atomic mass is 9.98. The van der Waals surface area contributed by atoms with Gasteiger partial charge >= 0.3 is 11.9 Å². The van der Waals surface area contributed by atoms with Crippen molar-refractivity contribution in [1.82, 2.24) is 0 Å². The predicted molar refractivity (Wildman–Crippen MR) is 62.3 cm³/mol. The summed E-state index contributed by atoms with van der Waals surface area (Å²) in [5.41, 5.74) is -0.885. The molecule has 0 bridgehead atoms. The third kappa shape index (κ3) is 1.91. The van der Waals surface area contributed by atoms with Gasteiger partial charge < -0.3 is 15.3 Å². The first-order valence-electron chi connectivity index (χ1n) is 5.04. The van der Waals surface area contributed by atoms with Gasteiger partial charge in [0.1, 0.15) is 5.56 Å². The molecule has 0 aliphatic heterocycles. The van der Waals surface area contributed by atoms with Crippen LogP contribution in [0, 0.1) is 0 Å². The first kappa shape index (κ1) is 12.7. The second-order valence-electron chi connectivity index (χ2n) is 3.71. The molecule has 0 atom stereocenters. The van der Waals surface area contributed by atoms with Gasteiger partial charge in [-0.05, 0) is 17.5 Å². The number of carboxylic acid groups (broad SMARTS) is 1. The predicted octanol–water partition coefficient (Wildman–Crippen LogP) is 1.58. The molecular weight excluding hydrogens is 256 g/mol. The maximum absolute atomic E-state index is 11.4. The van der Waals surface area contributed by atoms with E-state index in [9.17, 15) is 19.8 Å². The molecule has 0 saturated heterocycles. The lowest BCUT2D eigenvalue weighted by Gasteiger charge is -2.10. The number of rotatable bonds is 2. The molecule has 2 rings (SSSR count). The van der Waals surface area contributed by atoms with Gasteiger partial charge in [0.2, 0.25) is 0 Å². The Kier molecular flexibility index (Phi) is 2.97. The molecule has 7 heteroatoms. The van der Waals surface area contributed by atoms with Crippen LogP contribution in [0.2, 0.25) is 0 Å². The van der Waals surface area contributed by atoms with Crippen LogP contribution < -0.4 is 0 Å². The van der Waals surface area contributed by atoms with Gasteiger partial charge in [0.05, 0.1) is 5.56 Å². The first-order chi connectivity index (χ1) is 8.97. The number of hydrogen-bond donors (Lipinski definition) is 4. The number of aromatic carboxylic acids is 1. The second kappa shape index (κ2) is 4.46. The highest BCUT2D eigenvalue weighted by molar-refractivity contribution is 6.15. The van der Waals surface area contributed by atoms with E-state index in [2.05, 4.69) is 4.89 Å². The van der Waals surface area contributed by atoms with Gasteiger partial charge in [-0.1, -0.05) is 12.1 Å². The second-order valence-corrected chi connectivity index (χ2v) is 3.71. The molecule has 0 aliphatic carbocycles. The molecule has 2 aromatic rings. The van der Waals surface area contributed by atoms with Crippen LogP contribution in [0.15, 0.2) is 24.3 Å². The summed E-state index contributed by atoms with van der Waals surface area (Å²) < 4.78 is 0. The fourth-order valence-electron chi connectivity index (χ4n) is 1.85. The molecule has 2 aromatic carbocycles. The standard InChI is InChI=1S/C12H8O7/c13-7-4-5-2-1-3-6(11(15)16)8(5)9(10(7)14)12(17)19-18/h1-4,13-14,18H,(H,15,16). The Morgan fingerprint density at radius 1 is 1.16 bits per heavy atom. The van der Waals surface area contributed by atoms with Crippen LogP contribution in [-0.2, 0) is 4.89 Å². The van der Waals surface area contributed by atoms with Crippen LogP contribution in [0.25, 0.3) is 10.8 Å².